The van der Waals surface area contributed by atoms with Crippen LogP contribution in [0.2, 0.25) is 5.02 Å². The Morgan fingerprint density at radius 1 is 1.00 bits per heavy atom. The Morgan fingerprint density at radius 3 is 2.38 bits per heavy atom. The zero-order valence-electron chi connectivity index (χ0n) is 18.7. The number of halogens is 1. The van der Waals surface area contributed by atoms with Crippen molar-refractivity contribution in [2.45, 2.75) is 43.9 Å². The predicted octanol–water partition coefficient (Wildman–Crippen LogP) is 5.28. The van der Waals surface area contributed by atoms with Crippen molar-refractivity contribution >= 4 is 23.2 Å². The highest BCUT2D eigenvalue weighted by molar-refractivity contribution is 6.31. The number of carbonyl (C=O) groups is 1. The zero-order valence-corrected chi connectivity index (χ0v) is 19.4. The molecule has 0 radical (unpaired) electrons. The molecule has 6 heteroatoms. The fraction of sp³-hybridized carbons (Fsp3) is 0.500. The van der Waals surface area contributed by atoms with Crippen LogP contribution in [0.15, 0.2) is 48.5 Å². The van der Waals surface area contributed by atoms with Gasteiger partial charge in [0.1, 0.15) is 12.4 Å². The van der Waals surface area contributed by atoms with E-state index < -0.39 is 5.41 Å². The number of hydrogen-bond donors (Lipinski definition) is 1. The SMILES string of the molecule is O=C(Nc1ccc(OCCN2CCCCCC2)cc1)C1(c2ccccc2Cl)CCOCC1. The molecule has 2 heterocycles. The highest BCUT2D eigenvalue weighted by Gasteiger charge is 2.43. The van der Waals surface area contributed by atoms with Gasteiger partial charge in [-0.1, -0.05) is 42.6 Å². The summed E-state index contributed by atoms with van der Waals surface area (Å²) in [6.07, 6.45) is 6.48. The van der Waals surface area contributed by atoms with Gasteiger partial charge in [0.05, 0.1) is 5.41 Å². The first-order chi connectivity index (χ1) is 15.7. The minimum atomic E-state index is -0.682. The summed E-state index contributed by atoms with van der Waals surface area (Å²) in [5, 5.41) is 3.73. The van der Waals surface area contributed by atoms with Crippen LogP contribution in [0.4, 0.5) is 5.69 Å². The molecule has 0 bridgehead atoms. The van der Waals surface area contributed by atoms with Gasteiger partial charge in [-0.05, 0) is 74.7 Å². The van der Waals surface area contributed by atoms with Crippen LogP contribution in [0.5, 0.6) is 5.75 Å². The van der Waals surface area contributed by atoms with E-state index in [1.807, 2.05) is 48.5 Å². The molecule has 4 rings (SSSR count). The molecule has 1 N–H and O–H groups in total. The molecule has 0 saturated carbocycles. The average Bonchev–Trinajstić information content (AvgIpc) is 3.10. The molecule has 2 aliphatic rings. The van der Waals surface area contributed by atoms with Gasteiger partial charge in [0.15, 0.2) is 0 Å². The van der Waals surface area contributed by atoms with E-state index in [1.165, 1.54) is 38.8 Å². The Kier molecular flexibility index (Phi) is 8.06. The van der Waals surface area contributed by atoms with Crippen LogP contribution >= 0.6 is 11.6 Å². The maximum atomic E-state index is 13.4. The molecule has 2 saturated heterocycles. The van der Waals surface area contributed by atoms with E-state index in [4.69, 9.17) is 21.1 Å². The monoisotopic (exact) mass is 456 g/mol. The van der Waals surface area contributed by atoms with Crippen molar-refractivity contribution in [1.29, 1.82) is 0 Å². The molecule has 1 amide bonds. The summed E-state index contributed by atoms with van der Waals surface area (Å²) >= 11 is 6.49. The van der Waals surface area contributed by atoms with Crippen LogP contribution in [0.25, 0.3) is 0 Å². The van der Waals surface area contributed by atoms with Crippen LogP contribution in [0.3, 0.4) is 0 Å². The lowest BCUT2D eigenvalue weighted by molar-refractivity contribution is -0.125. The number of benzene rings is 2. The van der Waals surface area contributed by atoms with Gasteiger partial charge in [-0.25, -0.2) is 0 Å². The van der Waals surface area contributed by atoms with Crippen LogP contribution in [0, 0.1) is 0 Å². The summed E-state index contributed by atoms with van der Waals surface area (Å²) < 4.78 is 11.5. The molecule has 0 aromatic heterocycles. The lowest BCUT2D eigenvalue weighted by atomic mass is 9.73. The van der Waals surface area contributed by atoms with E-state index in [2.05, 4.69) is 10.2 Å². The predicted molar refractivity (Wildman–Crippen MR) is 129 cm³/mol. The number of carbonyl (C=O) groups excluding carboxylic acids is 1. The zero-order chi connectivity index (χ0) is 22.2. The van der Waals surface area contributed by atoms with E-state index in [0.717, 1.165) is 23.5 Å². The molecule has 32 heavy (non-hydrogen) atoms. The van der Waals surface area contributed by atoms with Gasteiger partial charge >= 0.3 is 0 Å². The first-order valence-corrected chi connectivity index (χ1v) is 12.1. The molecule has 2 fully saturated rings. The minimum Gasteiger partial charge on any atom is -0.492 e. The number of ether oxygens (including phenoxy) is 2. The molecule has 0 unspecified atom stereocenters. The van der Waals surface area contributed by atoms with E-state index in [9.17, 15) is 4.79 Å². The standard InChI is InChI=1S/C26H33ClN2O3/c27-24-8-4-3-7-23(24)26(13-18-31-19-14-26)25(30)28-21-9-11-22(12-10-21)32-20-17-29-15-5-1-2-6-16-29/h3-4,7-12H,1-2,5-6,13-20H2,(H,28,30). The Hall–Kier alpha value is -2.08. The summed E-state index contributed by atoms with van der Waals surface area (Å²) in [4.78, 5) is 15.9. The summed E-state index contributed by atoms with van der Waals surface area (Å²) in [6, 6.07) is 15.3. The quantitative estimate of drug-likeness (QED) is 0.615. The lowest BCUT2D eigenvalue weighted by Crippen LogP contribution is -2.45. The minimum absolute atomic E-state index is 0.0382. The smallest absolute Gasteiger partial charge is 0.235 e. The Balaban J connectivity index is 1.36. The van der Waals surface area contributed by atoms with Gasteiger partial charge in [-0.3, -0.25) is 9.69 Å². The molecule has 2 aromatic rings. The van der Waals surface area contributed by atoms with Crippen molar-refractivity contribution in [2.24, 2.45) is 0 Å². The van der Waals surface area contributed by atoms with Crippen LogP contribution in [0.1, 0.15) is 44.1 Å². The Bertz CT molecular complexity index is 873. The van der Waals surface area contributed by atoms with Gasteiger partial charge in [0.2, 0.25) is 5.91 Å². The van der Waals surface area contributed by atoms with Gasteiger partial charge in [-0.2, -0.15) is 0 Å². The van der Waals surface area contributed by atoms with E-state index in [1.54, 1.807) is 0 Å². The third kappa shape index (κ3) is 5.64. The highest BCUT2D eigenvalue weighted by atomic mass is 35.5. The second-order valence-electron chi connectivity index (χ2n) is 8.76. The van der Waals surface area contributed by atoms with Crippen molar-refractivity contribution in [3.05, 3.63) is 59.1 Å². The third-order valence-electron chi connectivity index (χ3n) is 6.66. The molecule has 2 aliphatic heterocycles. The van der Waals surface area contributed by atoms with Gasteiger partial charge < -0.3 is 14.8 Å². The molecule has 0 aliphatic carbocycles. The van der Waals surface area contributed by atoms with Crippen LogP contribution < -0.4 is 10.1 Å². The summed E-state index contributed by atoms with van der Waals surface area (Å²) in [7, 11) is 0. The van der Waals surface area contributed by atoms with E-state index in [-0.39, 0.29) is 5.91 Å². The van der Waals surface area contributed by atoms with Gasteiger partial charge in [0.25, 0.3) is 0 Å². The number of nitrogens with one attached hydrogen (secondary N) is 1. The number of nitrogens with zero attached hydrogens (tertiary/aromatic N) is 1. The number of hydrogen-bond acceptors (Lipinski definition) is 4. The van der Waals surface area contributed by atoms with Crippen molar-refractivity contribution in [3.63, 3.8) is 0 Å². The second-order valence-corrected chi connectivity index (χ2v) is 9.16. The summed E-state index contributed by atoms with van der Waals surface area (Å²) in [6.45, 7) is 5.08. The van der Waals surface area contributed by atoms with E-state index in [0.29, 0.717) is 37.7 Å². The number of amides is 1. The van der Waals surface area contributed by atoms with Gasteiger partial charge in [0, 0.05) is 30.5 Å². The van der Waals surface area contributed by atoms with Crippen molar-refractivity contribution < 1.29 is 14.3 Å². The maximum absolute atomic E-state index is 13.4. The molecule has 0 atom stereocenters. The first-order valence-electron chi connectivity index (χ1n) is 11.8. The highest BCUT2D eigenvalue weighted by Crippen LogP contribution is 2.39. The van der Waals surface area contributed by atoms with Crippen LogP contribution in [-0.2, 0) is 14.9 Å². The molecular weight excluding hydrogens is 424 g/mol. The largest absolute Gasteiger partial charge is 0.492 e. The first kappa shape index (κ1) is 23.1. The summed E-state index contributed by atoms with van der Waals surface area (Å²) in [5.41, 5.74) is 0.947. The molecule has 0 spiro atoms. The van der Waals surface area contributed by atoms with Crippen molar-refractivity contribution in [3.8, 4) is 5.75 Å². The maximum Gasteiger partial charge on any atom is 0.235 e. The fourth-order valence-electron chi connectivity index (χ4n) is 4.73. The Morgan fingerprint density at radius 2 is 1.69 bits per heavy atom. The van der Waals surface area contributed by atoms with E-state index >= 15 is 0 Å². The third-order valence-corrected chi connectivity index (χ3v) is 6.99. The normalized spacial score (nSPS) is 19.2. The molecular formula is C26H33ClN2O3. The Labute approximate surface area is 196 Å². The van der Waals surface area contributed by atoms with Crippen molar-refractivity contribution in [1.82, 2.24) is 4.90 Å². The number of anilines is 1. The van der Waals surface area contributed by atoms with Crippen molar-refractivity contribution in [2.75, 3.05) is 44.8 Å². The lowest BCUT2D eigenvalue weighted by Gasteiger charge is -2.36. The topological polar surface area (TPSA) is 50.8 Å². The summed E-state index contributed by atoms with van der Waals surface area (Å²) in [5.74, 6) is 0.786. The molecule has 5 nitrogen and oxygen atoms in total. The molecule has 2 aromatic carbocycles. The average molecular weight is 457 g/mol. The number of likely N-dealkylation sites (tertiary alicyclic amines) is 1. The second kappa shape index (κ2) is 11.2. The van der Waals surface area contributed by atoms with Crippen LogP contribution in [-0.4, -0.2) is 50.3 Å². The fourth-order valence-corrected chi connectivity index (χ4v) is 5.04. The molecule has 172 valence electrons. The number of rotatable bonds is 7. The van der Waals surface area contributed by atoms with Gasteiger partial charge in [-0.15, -0.1) is 0 Å².